The first-order valence-corrected chi connectivity index (χ1v) is 8.72. The molecule has 0 aromatic heterocycles. The van der Waals surface area contributed by atoms with Crippen LogP contribution in [0.2, 0.25) is 0 Å². The van der Waals surface area contributed by atoms with Crippen LogP contribution in [-0.4, -0.2) is 5.33 Å². The fourth-order valence-corrected chi connectivity index (χ4v) is 1.98. The summed E-state index contributed by atoms with van der Waals surface area (Å²) >= 11 is 3.46. The highest BCUT2D eigenvalue weighted by Gasteiger charge is 1.91. The average molecular weight is 320 g/mol. The van der Waals surface area contributed by atoms with Gasteiger partial charge in [0.15, 0.2) is 0 Å². The molecule has 0 amide bonds. The second-order valence-corrected chi connectivity index (χ2v) is 5.91. The van der Waals surface area contributed by atoms with Gasteiger partial charge in [-0.2, -0.15) is 0 Å². The summed E-state index contributed by atoms with van der Waals surface area (Å²) in [5.74, 6) is 0. The van der Waals surface area contributed by atoms with E-state index in [1.165, 1.54) is 69.5 Å². The van der Waals surface area contributed by atoms with E-state index < -0.39 is 0 Å². The van der Waals surface area contributed by atoms with Gasteiger partial charge in [0.25, 0.3) is 0 Å². The van der Waals surface area contributed by atoms with E-state index in [0.717, 1.165) is 5.57 Å². The zero-order valence-electron chi connectivity index (χ0n) is 12.8. The van der Waals surface area contributed by atoms with Gasteiger partial charge in [-0.05, 0) is 26.5 Å². The SMILES string of the molecule is CC(C)=CN.CCCCCCCCCCCCBr. The van der Waals surface area contributed by atoms with Crippen molar-refractivity contribution >= 4 is 15.9 Å². The van der Waals surface area contributed by atoms with Crippen LogP contribution in [0.1, 0.15) is 85.0 Å². The van der Waals surface area contributed by atoms with Gasteiger partial charge >= 0.3 is 0 Å². The number of halogens is 1. The molecule has 2 N–H and O–H groups in total. The minimum absolute atomic E-state index is 1.16. The molecular formula is C16H34BrN. The molecule has 0 spiro atoms. The van der Waals surface area contributed by atoms with Crippen LogP contribution < -0.4 is 5.73 Å². The standard InChI is InChI=1S/C12H25Br.C4H9N/c1-2-3-4-5-6-7-8-9-10-11-12-13;1-4(2)3-5/h2-12H2,1H3;3H,5H2,1-2H3. The van der Waals surface area contributed by atoms with Crippen LogP contribution in [0.25, 0.3) is 0 Å². The molecule has 0 aliphatic rings. The lowest BCUT2D eigenvalue weighted by Gasteiger charge is -2.00. The van der Waals surface area contributed by atoms with Crippen LogP contribution in [0.5, 0.6) is 0 Å². The van der Waals surface area contributed by atoms with Gasteiger partial charge in [-0.3, -0.25) is 0 Å². The molecule has 1 nitrogen and oxygen atoms in total. The lowest BCUT2D eigenvalue weighted by molar-refractivity contribution is 0.563. The predicted octanol–water partition coefficient (Wildman–Crippen LogP) is 6.17. The first-order valence-electron chi connectivity index (χ1n) is 7.60. The summed E-state index contributed by atoms with van der Waals surface area (Å²) in [4.78, 5) is 0. The van der Waals surface area contributed by atoms with Crippen molar-refractivity contribution in [3.05, 3.63) is 11.8 Å². The van der Waals surface area contributed by atoms with E-state index in [1.54, 1.807) is 6.20 Å². The minimum atomic E-state index is 1.16. The molecule has 110 valence electrons. The second kappa shape index (κ2) is 19.4. The molecule has 18 heavy (non-hydrogen) atoms. The molecule has 0 radical (unpaired) electrons. The third-order valence-corrected chi connectivity index (χ3v) is 3.38. The Balaban J connectivity index is 0. The summed E-state index contributed by atoms with van der Waals surface area (Å²) in [7, 11) is 0. The molecule has 0 fully saturated rings. The van der Waals surface area contributed by atoms with Crippen molar-refractivity contribution in [3.8, 4) is 0 Å². The largest absolute Gasteiger partial charge is 0.405 e. The molecule has 0 unspecified atom stereocenters. The smallest absolute Gasteiger partial charge is 0.00313 e. The summed E-state index contributed by atoms with van der Waals surface area (Å²) in [5.41, 5.74) is 6.17. The van der Waals surface area contributed by atoms with E-state index in [-0.39, 0.29) is 0 Å². The molecule has 2 heteroatoms. The molecule has 0 aromatic rings. The predicted molar refractivity (Wildman–Crippen MR) is 89.3 cm³/mol. The molecule has 0 aliphatic carbocycles. The van der Waals surface area contributed by atoms with Crippen molar-refractivity contribution in [2.45, 2.75) is 85.0 Å². The third-order valence-electron chi connectivity index (χ3n) is 2.82. The zero-order chi connectivity index (χ0) is 14.1. The second-order valence-electron chi connectivity index (χ2n) is 5.11. The molecule has 0 rings (SSSR count). The number of hydrogen-bond donors (Lipinski definition) is 1. The van der Waals surface area contributed by atoms with Gasteiger partial charge in [-0.15, -0.1) is 0 Å². The van der Waals surface area contributed by atoms with Crippen LogP contribution in [0, 0.1) is 0 Å². The van der Waals surface area contributed by atoms with Crippen molar-refractivity contribution in [1.82, 2.24) is 0 Å². The van der Waals surface area contributed by atoms with Gasteiger partial charge < -0.3 is 5.73 Å². The summed E-state index contributed by atoms with van der Waals surface area (Å²) in [5, 5.41) is 1.18. The lowest BCUT2D eigenvalue weighted by Crippen LogP contribution is -1.81. The Morgan fingerprint density at radius 3 is 1.44 bits per heavy atom. The third kappa shape index (κ3) is 25.0. The van der Waals surface area contributed by atoms with Crippen molar-refractivity contribution in [1.29, 1.82) is 0 Å². The molecule has 0 atom stereocenters. The number of nitrogens with two attached hydrogens (primary N) is 1. The number of rotatable bonds is 10. The number of allylic oxidation sites excluding steroid dienone is 1. The molecule has 0 aromatic carbocycles. The van der Waals surface area contributed by atoms with Crippen molar-refractivity contribution in [3.63, 3.8) is 0 Å². The normalized spacial score (nSPS) is 9.56. The molecule has 0 saturated heterocycles. The monoisotopic (exact) mass is 319 g/mol. The molecular weight excluding hydrogens is 286 g/mol. The highest BCUT2D eigenvalue weighted by Crippen LogP contribution is 2.10. The Morgan fingerprint density at radius 1 is 0.833 bits per heavy atom. The molecule has 0 aliphatic heterocycles. The summed E-state index contributed by atoms with van der Waals surface area (Å²) in [6.07, 6.45) is 15.9. The van der Waals surface area contributed by atoms with E-state index in [4.69, 9.17) is 5.73 Å². The summed E-state index contributed by atoms with van der Waals surface area (Å²) < 4.78 is 0. The van der Waals surface area contributed by atoms with Crippen LogP contribution in [-0.2, 0) is 0 Å². The summed E-state index contributed by atoms with van der Waals surface area (Å²) in [6.45, 7) is 6.19. The number of hydrogen-bond acceptors (Lipinski definition) is 1. The van der Waals surface area contributed by atoms with Crippen LogP contribution in [0.15, 0.2) is 11.8 Å². The maximum absolute atomic E-state index is 5.01. The highest BCUT2D eigenvalue weighted by molar-refractivity contribution is 9.09. The highest BCUT2D eigenvalue weighted by atomic mass is 79.9. The minimum Gasteiger partial charge on any atom is -0.405 e. The Labute approximate surface area is 124 Å². The lowest BCUT2D eigenvalue weighted by atomic mass is 10.1. The first-order chi connectivity index (χ1) is 8.68. The number of unbranched alkanes of at least 4 members (excludes halogenated alkanes) is 9. The van der Waals surface area contributed by atoms with Crippen LogP contribution in [0.3, 0.4) is 0 Å². The van der Waals surface area contributed by atoms with Gasteiger partial charge in [0.1, 0.15) is 0 Å². The van der Waals surface area contributed by atoms with Gasteiger partial charge in [-0.1, -0.05) is 86.2 Å². The van der Waals surface area contributed by atoms with E-state index in [1.807, 2.05) is 13.8 Å². The quantitative estimate of drug-likeness (QED) is 0.378. The Morgan fingerprint density at radius 2 is 1.17 bits per heavy atom. The summed E-state index contributed by atoms with van der Waals surface area (Å²) in [6, 6.07) is 0. The topological polar surface area (TPSA) is 26.0 Å². The van der Waals surface area contributed by atoms with Gasteiger partial charge in [0.2, 0.25) is 0 Å². The Kier molecular flexibility index (Phi) is 21.9. The van der Waals surface area contributed by atoms with E-state index >= 15 is 0 Å². The molecule has 0 bridgehead atoms. The van der Waals surface area contributed by atoms with Gasteiger partial charge in [-0.25, -0.2) is 0 Å². The number of alkyl halides is 1. The first kappa shape index (κ1) is 20.3. The van der Waals surface area contributed by atoms with Gasteiger partial charge in [0.05, 0.1) is 0 Å². The maximum atomic E-state index is 5.01. The Bertz CT molecular complexity index is 152. The maximum Gasteiger partial charge on any atom is 0.00313 e. The van der Waals surface area contributed by atoms with E-state index in [2.05, 4.69) is 22.9 Å². The fraction of sp³-hybridized carbons (Fsp3) is 0.875. The zero-order valence-corrected chi connectivity index (χ0v) is 14.4. The molecule has 0 heterocycles. The van der Waals surface area contributed by atoms with E-state index in [9.17, 15) is 0 Å². The average Bonchev–Trinajstić information content (AvgIpc) is 2.37. The van der Waals surface area contributed by atoms with Crippen molar-refractivity contribution in [2.24, 2.45) is 5.73 Å². The van der Waals surface area contributed by atoms with Crippen LogP contribution in [0.4, 0.5) is 0 Å². The molecule has 0 saturated carbocycles. The van der Waals surface area contributed by atoms with Crippen molar-refractivity contribution in [2.75, 3.05) is 5.33 Å². The van der Waals surface area contributed by atoms with Crippen molar-refractivity contribution < 1.29 is 0 Å². The van der Waals surface area contributed by atoms with E-state index in [0.29, 0.717) is 0 Å². The fourth-order valence-electron chi connectivity index (χ4n) is 1.58. The Hall–Kier alpha value is 0.0200. The van der Waals surface area contributed by atoms with Crippen LogP contribution >= 0.6 is 15.9 Å². The van der Waals surface area contributed by atoms with Gasteiger partial charge in [0, 0.05) is 5.33 Å².